The summed E-state index contributed by atoms with van der Waals surface area (Å²) in [5.41, 5.74) is -4.76. The van der Waals surface area contributed by atoms with Crippen LogP contribution in [0.3, 0.4) is 0 Å². The lowest BCUT2D eigenvalue weighted by molar-refractivity contribution is -0.370. The molecule has 4 aliphatic heterocycles. The molecule has 9 aliphatic rings. The summed E-state index contributed by atoms with van der Waals surface area (Å²) >= 11 is 0. The first-order valence-electron chi connectivity index (χ1n) is 26.7. The molecule has 23 nitrogen and oxygen atoms in total. The number of allylic oxidation sites excluding steroid dienone is 2. The van der Waals surface area contributed by atoms with Crippen LogP contribution in [0.15, 0.2) is 11.6 Å². The van der Waals surface area contributed by atoms with E-state index in [-0.39, 0.29) is 35.5 Å². The number of ether oxygens (including phenoxy) is 8. The summed E-state index contributed by atoms with van der Waals surface area (Å²) in [5, 5.41) is 140. The minimum Gasteiger partial charge on any atom is -0.479 e. The van der Waals surface area contributed by atoms with Gasteiger partial charge in [0.25, 0.3) is 0 Å². The zero-order chi connectivity index (χ0) is 54.9. The van der Waals surface area contributed by atoms with Gasteiger partial charge in [-0.3, -0.25) is 4.79 Å². The SMILES string of the molecule is CC1(C)CC[C@@]2(C(=O)O[C@@H]3O[C@H](CO)[C@@H](O)[C@H](O)[C@H]3O)C(C1)C1=CCC3[C@@]4(C)CC[C@@H](O[C@@H]5O[C@H](C(=O)O)[C@@H](O[C@@H]6OC[C@@H](O)[C@H](O)[C@H]6O)[C@H](O[C@@H]6OC[C@](O)(CO)[C@H]6O)[C@H]5O)C(C)(C)C4CC[C@@]3(C)[C@]1(C)C[C@H]2O. The molecule has 4 saturated heterocycles. The molecule has 0 radical (unpaired) electrons. The second-order valence-electron chi connectivity index (χ2n) is 25.7. The predicted octanol–water partition coefficient (Wildman–Crippen LogP) is -1.69. The smallest absolute Gasteiger partial charge is 0.335 e. The molecule has 0 aromatic heterocycles. The van der Waals surface area contributed by atoms with Crippen LogP contribution < -0.4 is 0 Å². The van der Waals surface area contributed by atoms with E-state index in [1.165, 1.54) is 0 Å². The maximum absolute atomic E-state index is 14.8. The summed E-state index contributed by atoms with van der Waals surface area (Å²) in [7, 11) is 0. The molecule has 428 valence electrons. The fourth-order valence-electron chi connectivity index (χ4n) is 16.0. The number of carboxylic acids is 1. The Kier molecular flexibility index (Phi) is 15.5. The van der Waals surface area contributed by atoms with Gasteiger partial charge in [0.1, 0.15) is 78.2 Å². The number of carbonyl (C=O) groups is 2. The monoisotopic (exact) mass is 1070 g/mol. The molecule has 0 aromatic rings. The van der Waals surface area contributed by atoms with Crippen LogP contribution in [-0.4, -0.2) is 221 Å². The quantitative estimate of drug-likeness (QED) is 0.0623. The Morgan fingerprint density at radius 3 is 2.03 bits per heavy atom. The number of hydrogen-bond acceptors (Lipinski definition) is 22. The third kappa shape index (κ3) is 9.07. The van der Waals surface area contributed by atoms with E-state index in [4.69, 9.17) is 37.9 Å². The van der Waals surface area contributed by atoms with E-state index in [0.717, 1.165) is 12.0 Å². The largest absolute Gasteiger partial charge is 0.479 e. The van der Waals surface area contributed by atoms with Crippen LogP contribution in [0.4, 0.5) is 0 Å². The minimum atomic E-state index is -2.17. The molecule has 4 saturated carbocycles. The summed E-state index contributed by atoms with van der Waals surface area (Å²) in [4.78, 5) is 27.9. The van der Waals surface area contributed by atoms with Gasteiger partial charge in [-0.25, -0.2) is 4.79 Å². The molecule has 0 bridgehead atoms. The molecule has 5 aliphatic carbocycles. The van der Waals surface area contributed by atoms with E-state index in [2.05, 4.69) is 54.5 Å². The summed E-state index contributed by atoms with van der Waals surface area (Å²) in [6, 6.07) is 0. The lowest BCUT2D eigenvalue weighted by atomic mass is 9.33. The number of carbonyl (C=O) groups excluding carboxylic acids is 1. The third-order valence-corrected chi connectivity index (χ3v) is 20.8. The number of aliphatic hydroxyl groups excluding tert-OH is 11. The fourth-order valence-corrected chi connectivity index (χ4v) is 16.0. The van der Waals surface area contributed by atoms with E-state index >= 15 is 0 Å². The van der Waals surface area contributed by atoms with E-state index in [9.17, 15) is 76.0 Å². The standard InChI is InChI=1S/C52H82O23/c1-46(2)14-15-52(45(66)75-42-34(61)32(59)31(58)25(18-53)70-42)23(16-46)22-8-9-27-48(5)12-11-29(47(3,4)26(48)10-13-49(27,6)50(22,7)17-28(52)56)71-43-35(62)36(72-44-39(63)51(67,20-54)21-69-44)37(38(74-43)40(64)65)73-41-33(60)30(57)24(55)19-68-41/h8,23-39,41-44,53-63,67H,9-21H2,1-7H3,(H,64,65)/t23?,24-,25-,26?,27?,28-,29-,30+,31-,32+,33-,34-,35-,36-,37+,38+,39+,41+,42+,43-,44+,48+,49-,50-,51-,52-/m1/s1. The molecule has 9 rings (SSSR count). The number of aliphatic hydroxyl groups is 12. The van der Waals surface area contributed by atoms with Crippen LogP contribution in [0.5, 0.6) is 0 Å². The number of fused-ring (bicyclic) bond motifs is 7. The Morgan fingerprint density at radius 1 is 0.693 bits per heavy atom. The highest BCUT2D eigenvalue weighted by Gasteiger charge is 2.72. The molecule has 0 spiro atoms. The van der Waals surface area contributed by atoms with Gasteiger partial charge in [0.15, 0.2) is 25.0 Å². The van der Waals surface area contributed by atoms with Crippen molar-refractivity contribution in [2.24, 2.45) is 50.2 Å². The highest BCUT2D eigenvalue weighted by Crippen LogP contribution is 2.76. The van der Waals surface area contributed by atoms with Crippen molar-refractivity contribution in [2.75, 3.05) is 26.4 Å². The fraction of sp³-hybridized carbons (Fsp3) is 0.923. The zero-order valence-electron chi connectivity index (χ0n) is 43.8. The number of carboxylic acid groups (broad SMARTS) is 1. The summed E-state index contributed by atoms with van der Waals surface area (Å²) in [5.74, 6) is -2.79. The van der Waals surface area contributed by atoms with Crippen molar-refractivity contribution in [3.8, 4) is 0 Å². The van der Waals surface area contributed by atoms with Crippen LogP contribution in [-0.2, 0) is 47.5 Å². The van der Waals surface area contributed by atoms with Crippen molar-refractivity contribution >= 4 is 11.9 Å². The molecule has 3 unspecified atom stereocenters. The van der Waals surface area contributed by atoms with Gasteiger partial charge >= 0.3 is 11.9 Å². The second-order valence-corrected chi connectivity index (χ2v) is 25.7. The van der Waals surface area contributed by atoms with Crippen molar-refractivity contribution in [1.29, 1.82) is 0 Å². The van der Waals surface area contributed by atoms with Crippen LogP contribution in [0, 0.1) is 50.2 Å². The molecule has 0 aromatic carbocycles. The van der Waals surface area contributed by atoms with Gasteiger partial charge in [-0.2, -0.15) is 0 Å². The Labute approximate surface area is 435 Å². The van der Waals surface area contributed by atoms with Gasteiger partial charge in [-0.15, -0.1) is 0 Å². The predicted molar refractivity (Wildman–Crippen MR) is 253 cm³/mol. The van der Waals surface area contributed by atoms with Crippen molar-refractivity contribution in [2.45, 2.75) is 222 Å². The zero-order valence-corrected chi connectivity index (χ0v) is 43.8. The Balaban J connectivity index is 0.976. The van der Waals surface area contributed by atoms with Crippen LogP contribution in [0.25, 0.3) is 0 Å². The van der Waals surface area contributed by atoms with Gasteiger partial charge in [0.2, 0.25) is 6.29 Å². The van der Waals surface area contributed by atoms with E-state index in [0.29, 0.717) is 38.5 Å². The maximum atomic E-state index is 14.8. The highest BCUT2D eigenvalue weighted by molar-refractivity contribution is 5.80. The van der Waals surface area contributed by atoms with E-state index in [1.54, 1.807) is 0 Å². The molecule has 8 fully saturated rings. The first-order chi connectivity index (χ1) is 35.0. The van der Waals surface area contributed by atoms with Gasteiger partial charge in [-0.1, -0.05) is 60.1 Å². The molecular formula is C52H82O23. The molecule has 75 heavy (non-hydrogen) atoms. The second kappa shape index (κ2) is 20.2. The Hall–Kier alpha value is -2.08. The molecule has 4 heterocycles. The van der Waals surface area contributed by atoms with Gasteiger partial charge in [0.05, 0.1) is 38.6 Å². The lowest BCUT2D eigenvalue weighted by Gasteiger charge is -2.71. The number of esters is 1. The van der Waals surface area contributed by atoms with Crippen LogP contribution in [0.1, 0.15) is 106 Å². The van der Waals surface area contributed by atoms with Gasteiger partial charge in [0, 0.05) is 0 Å². The Morgan fingerprint density at radius 2 is 1.37 bits per heavy atom. The van der Waals surface area contributed by atoms with Crippen LogP contribution >= 0.6 is 0 Å². The summed E-state index contributed by atoms with van der Waals surface area (Å²) < 4.78 is 47.1. The molecule has 13 N–H and O–H groups in total. The lowest BCUT2D eigenvalue weighted by Crippen LogP contribution is -2.68. The van der Waals surface area contributed by atoms with E-state index < -0.39 is 182 Å². The first kappa shape index (κ1) is 57.6. The third-order valence-electron chi connectivity index (χ3n) is 20.8. The van der Waals surface area contributed by atoms with Crippen molar-refractivity contribution < 1.29 is 114 Å². The van der Waals surface area contributed by atoms with Crippen molar-refractivity contribution in [3.05, 3.63) is 11.6 Å². The normalized spacial score (nSPS) is 53.3. The average molecular weight is 1080 g/mol. The van der Waals surface area contributed by atoms with Crippen molar-refractivity contribution in [1.82, 2.24) is 0 Å². The van der Waals surface area contributed by atoms with E-state index in [1.807, 2.05) is 0 Å². The number of rotatable bonds is 11. The average Bonchev–Trinajstić information content (AvgIpc) is 3.63. The van der Waals surface area contributed by atoms with Gasteiger partial charge in [-0.05, 0) is 103 Å². The summed E-state index contributed by atoms with van der Waals surface area (Å²) in [6.45, 7) is 12.5. The first-order valence-corrected chi connectivity index (χ1v) is 26.7. The van der Waals surface area contributed by atoms with Gasteiger partial charge < -0.3 is 104 Å². The number of aliphatic carboxylic acids is 1. The molecule has 23 heteroatoms. The topological polar surface area (TPSA) is 371 Å². The molecule has 26 atom stereocenters. The highest BCUT2D eigenvalue weighted by atomic mass is 16.8. The van der Waals surface area contributed by atoms with Crippen LogP contribution in [0.2, 0.25) is 0 Å². The molecule has 0 amide bonds. The number of hydrogen-bond donors (Lipinski definition) is 13. The molecular weight excluding hydrogens is 993 g/mol. The maximum Gasteiger partial charge on any atom is 0.335 e. The minimum absolute atomic E-state index is 0.0147. The van der Waals surface area contributed by atoms with Crippen molar-refractivity contribution in [3.63, 3.8) is 0 Å². The summed E-state index contributed by atoms with van der Waals surface area (Å²) in [6.07, 6.45) is -22.7. The Bertz CT molecular complexity index is 2140.